The van der Waals surface area contributed by atoms with Crippen LogP contribution in [-0.4, -0.2) is 28.6 Å². The Balaban J connectivity index is 1.53. The van der Waals surface area contributed by atoms with E-state index in [1.54, 1.807) is 43.3 Å². The minimum Gasteiger partial charge on any atom is -0.462 e. The van der Waals surface area contributed by atoms with Crippen molar-refractivity contribution in [2.45, 2.75) is 20.4 Å². The zero-order valence-electron chi connectivity index (χ0n) is 17.7. The fraction of sp³-hybridized carbons (Fsp3) is 0.160. The summed E-state index contributed by atoms with van der Waals surface area (Å²) in [7, 11) is 0. The zero-order chi connectivity index (χ0) is 22.7. The third-order valence-electron chi connectivity index (χ3n) is 5.02. The SMILES string of the molecule is CCOC(=O)c1cccc(-c2ccc(/C=C3\SC(=O)N(Cc4ccccc4C)C3=O)o2)c1. The van der Waals surface area contributed by atoms with Gasteiger partial charge in [0.2, 0.25) is 0 Å². The number of amides is 2. The van der Waals surface area contributed by atoms with Gasteiger partial charge in [0.1, 0.15) is 11.5 Å². The van der Waals surface area contributed by atoms with E-state index >= 15 is 0 Å². The van der Waals surface area contributed by atoms with Crippen molar-refractivity contribution in [1.82, 2.24) is 4.90 Å². The third-order valence-corrected chi connectivity index (χ3v) is 5.93. The predicted molar refractivity (Wildman–Crippen MR) is 123 cm³/mol. The number of aryl methyl sites for hydroxylation is 1. The lowest BCUT2D eigenvalue weighted by atomic mass is 10.1. The molecule has 7 heteroatoms. The quantitative estimate of drug-likeness (QED) is 0.358. The summed E-state index contributed by atoms with van der Waals surface area (Å²) < 4.78 is 10.9. The Hall–Kier alpha value is -3.58. The summed E-state index contributed by atoms with van der Waals surface area (Å²) in [4.78, 5) is 38.8. The first-order chi connectivity index (χ1) is 15.5. The summed E-state index contributed by atoms with van der Waals surface area (Å²) in [6.45, 7) is 4.24. The van der Waals surface area contributed by atoms with Crippen LogP contribution in [0.3, 0.4) is 0 Å². The van der Waals surface area contributed by atoms with Crippen molar-refractivity contribution in [3.05, 3.63) is 88.0 Å². The molecule has 0 saturated carbocycles. The van der Waals surface area contributed by atoms with Gasteiger partial charge >= 0.3 is 5.97 Å². The third kappa shape index (κ3) is 4.53. The molecule has 2 aromatic carbocycles. The van der Waals surface area contributed by atoms with Crippen LogP contribution in [0, 0.1) is 6.92 Å². The number of rotatable bonds is 6. The van der Waals surface area contributed by atoms with E-state index in [0.717, 1.165) is 22.9 Å². The summed E-state index contributed by atoms with van der Waals surface area (Å²) in [6.07, 6.45) is 1.57. The zero-order valence-corrected chi connectivity index (χ0v) is 18.5. The van der Waals surface area contributed by atoms with E-state index in [0.29, 0.717) is 34.2 Å². The van der Waals surface area contributed by atoms with Gasteiger partial charge in [0.15, 0.2) is 0 Å². The Morgan fingerprint density at radius 3 is 2.69 bits per heavy atom. The topological polar surface area (TPSA) is 76.8 Å². The number of furan rings is 1. The van der Waals surface area contributed by atoms with Gasteiger partial charge in [-0.15, -0.1) is 0 Å². The highest BCUT2D eigenvalue weighted by Gasteiger charge is 2.35. The van der Waals surface area contributed by atoms with Gasteiger partial charge in [-0.05, 0) is 61.0 Å². The Morgan fingerprint density at radius 1 is 1.09 bits per heavy atom. The minimum absolute atomic E-state index is 0.235. The van der Waals surface area contributed by atoms with Gasteiger partial charge in [-0.1, -0.05) is 36.4 Å². The van der Waals surface area contributed by atoms with Gasteiger partial charge in [0.05, 0.1) is 23.6 Å². The Bertz CT molecular complexity index is 1230. The normalized spacial score (nSPS) is 14.9. The molecular formula is C25H21NO5S. The number of thioether (sulfide) groups is 1. The van der Waals surface area contributed by atoms with Crippen LogP contribution < -0.4 is 0 Å². The van der Waals surface area contributed by atoms with Crippen LogP contribution in [0.15, 0.2) is 70.0 Å². The second-order valence-corrected chi connectivity index (χ2v) is 8.19. The lowest BCUT2D eigenvalue weighted by Gasteiger charge is -2.14. The number of nitrogens with zero attached hydrogens (tertiary/aromatic N) is 1. The molecule has 0 bridgehead atoms. The summed E-state index contributed by atoms with van der Waals surface area (Å²) >= 11 is 0.896. The van der Waals surface area contributed by atoms with Crippen LogP contribution in [-0.2, 0) is 16.1 Å². The highest BCUT2D eigenvalue weighted by atomic mass is 32.2. The molecule has 0 spiro atoms. The molecule has 1 fully saturated rings. The molecule has 6 nitrogen and oxygen atoms in total. The number of carbonyl (C=O) groups excluding carboxylic acids is 3. The van der Waals surface area contributed by atoms with Gasteiger partial charge in [-0.25, -0.2) is 4.79 Å². The van der Waals surface area contributed by atoms with E-state index < -0.39 is 5.97 Å². The second kappa shape index (κ2) is 9.28. The smallest absolute Gasteiger partial charge is 0.338 e. The number of hydrogen-bond donors (Lipinski definition) is 0. The summed E-state index contributed by atoms with van der Waals surface area (Å²) in [5, 5.41) is -0.307. The Kier molecular flexibility index (Phi) is 6.28. The molecule has 3 aromatic rings. The Morgan fingerprint density at radius 2 is 1.91 bits per heavy atom. The fourth-order valence-electron chi connectivity index (χ4n) is 3.32. The lowest BCUT2D eigenvalue weighted by Crippen LogP contribution is -2.27. The molecular weight excluding hydrogens is 426 g/mol. The maximum atomic E-state index is 12.8. The Labute approximate surface area is 189 Å². The highest BCUT2D eigenvalue weighted by molar-refractivity contribution is 8.18. The first-order valence-corrected chi connectivity index (χ1v) is 10.9. The average molecular weight is 448 g/mol. The molecule has 1 aliphatic rings. The summed E-state index contributed by atoms with van der Waals surface area (Å²) in [5.41, 5.74) is 3.09. The van der Waals surface area contributed by atoms with Gasteiger partial charge in [-0.3, -0.25) is 14.5 Å². The van der Waals surface area contributed by atoms with Crippen LogP contribution in [0.1, 0.15) is 34.2 Å². The molecule has 2 heterocycles. The summed E-state index contributed by atoms with van der Waals surface area (Å²) in [5.74, 6) is 0.249. The molecule has 4 rings (SSSR count). The first-order valence-electron chi connectivity index (χ1n) is 10.1. The number of imide groups is 1. The van der Waals surface area contributed by atoms with E-state index in [1.807, 2.05) is 37.3 Å². The molecule has 1 aromatic heterocycles. The minimum atomic E-state index is -0.400. The molecule has 2 amide bonds. The number of carbonyl (C=O) groups is 3. The van der Waals surface area contributed by atoms with E-state index in [9.17, 15) is 14.4 Å². The molecule has 32 heavy (non-hydrogen) atoms. The molecule has 0 unspecified atom stereocenters. The van der Waals surface area contributed by atoms with Crippen LogP contribution in [0.25, 0.3) is 17.4 Å². The lowest BCUT2D eigenvalue weighted by molar-refractivity contribution is -0.123. The second-order valence-electron chi connectivity index (χ2n) is 7.20. The molecule has 162 valence electrons. The van der Waals surface area contributed by atoms with Crippen molar-refractivity contribution in [2.24, 2.45) is 0 Å². The first kappa shape index (κ1) is 21.6. The molecule has 0 atom stereocenters. The average Bonchev–Trinajstić information content (AvgIpc) is 3.36. The van der Waals surface area contributed by atoms with Crippen molar-refractivity contribution in [2.75, 3.05) is 6.61 Å². The van der Waals surface area contributed by atoms with Gasteiger partial charge < -0.3 is 9.15 Å². The maximum Gasteiger partial charge on any atom is 0.338 e. The van der Waals surface area contributed by atoms with Gasteiger partial charge in [0.25, 0.3) is 11.1 Å². The molecule has 0 aliphatic carbocycles. The van der Waals surface area contributed by atoms with E-state index in [1.165, 1.54) is 4.90 Å². The maximum absolute atomic E-state index is 12.8. The van der Waals surface area contributed by atoms with Crippen molar-refractivity contribution in [3.8, 4) is 11.3 Å². The fourth-order valence-corrected chi connectivity index (χ4v) is 4.14. The van der Waals surface area contributed by atoms with Crippen LogP contribution >= 0.6 is 11.8 Å². The molecule has 1 aliphatic heterocycles. The van der Waals surface area contributed by atoms with Gasteiger partial charge in [-0.2, -0.15) is 0 Å². The van der Waals surface area contributed by atoms with E-state index in [-0.39, 0.29) is 17.7 Å². The molecule has 0 N–H and O–H groups in total. The largest absolute Gasteiger partial charge is 0.462 e. The number of esters is 1. The number of ether oxygens (including phenoxy) is 1. The van der Waals surface area contributed by atoms with E-state index in [4.69, 9.17) is 9.15 Å². The van der Waals surface area contributed by atoms with Gasteiger partial charge in [0, 0.05) is 11.6 Å². The number of hydrogen-bond acceptors (Lipinski definition) is 6. The summed E-state index contributed by atoms with van der Waals surface area (Å²) in [6, 6.07) is 18.1. The van der Waals surface area contributed by atoms with Crippen molar-refractivity contribution < 1.29 is 23.5 Å². The van der Waals surface area contributed by atoms with Crippen LogP contribution in [0.2, 0.25) is 0 Å². The standard InChI is InChI=1S/C25H21NO5S/c1-3-30-24(28)18-10-6-9-17(13-18)21-12-11-20(31-21)14-22-23(27)26(25(29)32-22)15-19-8-5-4-7-16(19)2/h4-14H,3,15H2,1-2H3/b22-14-. The number of benzene rings is 2. The van der Waals surface area contributed by atoms with E-state index in [2.05, 4.69) is 0 Å². The van der Waals surface area contributed by atoms with Crippen LogP contribution in [0.5, 0.6) is 0 Å². The molecule has 1 saturated heterocycles. The highest BCUT2D eigenvalue weighted by Crippen LogP contribution is 2.34. The van der Waals surface area contributed by atoms with Crippen molar-refractivity contribution in [3.63, 3.8) is 0 Å². The monoisotopic (exact) mass is 447 g/mol. The van der Waals surface area contributed by atoms with Crippen molar-refractivity contribution in [1.29, 1.82) is 0 Å². The molecule has 0 radical (unpaired) electrons. The van der Waals surface area contributed by atoms with Crippen molar-refractivity contribution >= 4 is 35.0 Å². The van der Waals surface area contributed by atoms with Crippen LogP contribution in [0.4, 0.5) is 4.79 Å². The predicted octanol–water partition coefficient (Wildman–Crippen LogP) is 5.67.